The molecule has 2 rings (SSSR count). The summed E-state index contributed by atoms with van der Waals surface area (Å²) in [5.74, 6) is 0.559. The average Bonchev–Trinajstić information content (AvgIpc) is 2.57. The van der Waals surface area contributed by atoms with Crippen molar-refractivity contribution in [3.63, 3.8) is 0 Å². The van der Waals surface area contributed by atoms with E-state index in [1.165, 1.54) is 0 Å². The maximum atomic E-state index is 9.87. The van der Waals surface area contributed by atoms with Crippen molar-refractivity contribution in [2.45, 2.75) is 25.4 Å². The molecule has 2 aromatic carbocycles. The quantitative estimate of drug-likeness (QED) is 0.402. The summed E-state index contributed by atoms with van der Waals surface area (Å²) in [6.07, 6.45) is 0. The van der Waals surface area contributed by atoms with Crippen LogP contribution in [0.3, 0.4) is 0 Å². The van der Waals surface area contributed by atoms with Gasteiger partial charge in [-0.1, -0.05) is 78.2 Å². The number of hydrogen-bond donors (Lipinski definition) is 1. The Morgan fingerprint density at radius 1 is 0.880 bits per heavy atom. The first-order valence-electron chi connectivity index (χ1n) is 7.43. The van der Waals surface area contributed by atoms with Gasteiger partial charge in [0.2, 0.25) is 0 Å². The monoisotopic (exact) mass is 438 g/mol. The smallest absolute Gasteiger partial charge is 0.160 e. The van der Waals surface area contributed by atoms with Crippen LogP contribution in [0.2, 0.25) is 39.7 Å². The van der Waals surface area contributed by atoms with Crippen LogP contribution >= 0.6 is 46.4 Å². The standard InChI is InChI=1S/C17H18Cl4O3Si/c1-23-10-7-5-9(6-8-10)17(25(2,3)4)24-16-13(20)11(18)15(22)12(19)14(16)21/h5-8,17,22H,1-4H3. The van der Waals surface area contributed by atoms with Crippen LogP contribution < -0.4 is 9.47 Å². The van der Waals surface area contributed by atoms with Gasteiger partial charge in [0.15, 0.2) is 11.5 Å². The number of phenols is 1. The Hall–Kier alpha value is -0.783. The molecule has 0 aliphatic heterocycles. The fourth-order valence-electron chi connectivity index (χ4n) is 2.34. The van der Waals surface area contributed by atoms with Crippen LogP contribution in [0, 0.1) is 0 Å². The van der Waals surface area contributed by atoms with Crippen LogP contribution in [0.15, 0.2) is 24.3 Å². The summed E-state index contributed by atoms with van der Waals surface area (Å²) in [5, 5.41) is 9.76. The lowest BCUT2D eigenvalue weighted by atomic mass is 10.2. The van der Waals surface area contributed by atoms with E-state index >= 15 is 0 Å². The molecule has 25 heavy (non-hydrogen) atoms. The van der Waals surface area contributed by atoms with Crippen LogP contribution in [0.25, 0.3) is 0 Å². The Bertz CT molecular complexity index is 744. The number of methoxy groups -OCH3 is 1. The lowest BCUT2D eigenvalue weighted by Crippen LogP contribution is -2.35. The number of phenolic OH excluding ortho intramolecular Hbond substituents is 1. The highest BCUT2D eigenvalue weighted by atomic mass is 35.5. The number of hydrogen-bond acceptors (Lipinski definition) is 3. The van der Waals surface area contributed by atoms with Gasteiger partial charge in [-0.25, -0.2) is 0 Å². The van der Waals surface area contributed by atoms with Crippen molar-refractivity contribution in [2.75, 3.05) is 7.11 Å². The third kappa shape index (κ3) is 4.31. The second kappa shape index (κ2) is 7.85. The number of rotatable bonds is 5. The molecule has 0 spiro atoms. The molecule has 0 heterocycles. The van der Waals surface area contributed by atoms with E-state index in [1.807, 2.05) is 24.3 Å². The topological polar surface area (TPSA) is 38.7 Å². The minimum atomic E-state index is -1.86. The van der Waals surface area contributed by atoms with Gasteiger partial charge in [-0.15, -0.1) is 0 Å². The normalized spacial score (nSPS) is 12.8. The van der Waals surface area contributed by atoms with Gasteiger partial charge < -0.3 is 14.6 Å². The second-order valence-electron chi connectivity index (χ2n) is 6.57. The third-order valence-electron chi connectivity index (χ3n) is 3.64. The van der Waals surface area contributed by atoms with Gasteiger partial charge in [0.05, 0.1) is 15.2 Å². The highest BCUT2D eigenvalue weighted by Crippen LogP contribution is 2.51. The van der Waals surface area contributed by atoms with Crippen molar-refractivity contribution in [2.24, 2.45) is 0 Å². The fourth-order valence-corrected chi connectivity index (χ4v) is 4.92. The third-order valence-corrected chi connectivity index (χ3v) is 7.32. The lowest BCUT2D eigenvalue weighted by molar-refractivity contribution is 0.275. The van der Waals surface area contributed by atoms with E-state index in [9.17, 15) is 5.11 Å². The fraction of sp³-hybridized carbons (Fsp3) is 0.294. The summed E-state index contributed by atoms with van der Waals surface area (Å²) in [6, 6.07) is 7.61. The maximum absolute atomic E-state index is 9.87. The highest BCUT2D eigenvalue weighted by molar-refractivity contribution is 6.77. The van der Waals surface area contributed by atoms with Gasteiger partial charge in [-0.05, 0) is 17.7 Å². The van der Waals surface area contributed by atoms with Gasteiger partial charge in [0, 0.05) is 0 Å². The number of aromatic hydroxyl groups is 1. The first-order valence-corrected chi connectivity index (χ1v) is 12.5. The molecule has 136 valence electrons. The first kappa shape index (κ1) is 20.5. The lowest BCUT2D eigenvalue weighted by Gasteiger charge is -2.31. The molecular formula is C17H18Cl4O3Si. The Morgan fingerprint density at radius 2 is 1.36 bits per heavy atom. The van der Waals surface area contributed by atoms with Gasteiger partial charge in [0.1, 0.15) is 31.6 Å². The molecule has 0 amide bonds. The minimum Gasteiger partial charge on any atom is -0.505 e. The summed E-state index contributed by atoms with van der Waals surface area (Å²) < 4.78 is 11.4. The predicted octanol–water partition coefficient (Wildman–Crippen LogP) is 7.01. The summed E-state index contributed by atoms with van der Waals surface area (Å²) in [7, 11) is -0.248. The van der Waals surface area contributed by atoms with Crippen molar-refractivity contribution >= 4 is 54.5 Å². The van der Waals surface area contributed by atoms with Crippen LogP contribution in [0.1, 0.15) is 11.3 Å². The molecule has 0 radical (unpaired) electrons. The number of halogens is 4. The summed E-state index contributed by atoms with van der Waals surface area (Å²) in [4.78, 5) is 0. The van der Waals surface area contributed by atoms with Crippen LogP contribution in [0.4, 0.5) is 0 Å². The molecule has 1 atom stereocenters. The summed E-state index contributed by atoms with van der Waals surface area (Å²) in [5.41, 5.74) is 0.706. The predicted molar refractivity (Wildman–Crippen MR) is 108 cm³/mol. The molecular weight excluding hydrogens is 422 g/mol. The van der Waals surface area contributed by atoms with Gasteiger partial charge in [-0.2, -0.15) is 0 Å². The van der Waals surface area contributed by atoms with E-state index in [1.54, 1.807) is 7.11 Å². The van der Waals surface area contributed by atoms with Crippen LogP contribution in [-0.4, -0.2) is 20.3 Å². The van der Waals surface area contributed by atoms with Crippen LogP contribution in [0.5, 0.6) is 17.2 Å². The van der Waals surface area contributed by atoms with Crippen LogP contribution in [-0.2, 0) is 0 Å². The van der Waals surface area contributed by atoms with E-state index < -0.39 is 8.07 Å². The van der Waals surface area contributed by atoms with Crippen molar-refractivity contribution in [3.05, 3.63) is 49.9 Å². The highest BCUT2D eigenvalue weighted by Gasteiger charge is 2.33. The van der Waals surface area contributed by atoms with Gasteiger partial charge in [-0.3, -0.25) is 0 Å². The van der Waals surface area contributed by atoms with E-state index in [2.05, 4.69) is 19.6 Å². The molecule has 0 aliphatic rings. The molecule has 0 aromatic heterocycles. The Morgan fingerprint density at radius 3 is 1.76 bits per heavy atom. The Labute approximate surface area is 168 Å². The largest absolute Gasteiger partial charge is 0.505 e. The Kier molecular flexibility index (Phi) is 6.44. The van der Waals surface area contributed by atoms with E-state index in [0.717, 1.165) is 11.3 Å². The molecule has 0 fully saturated rings. The zero-order valence-corrected chi connectivity index (χ0v) is 18.2. The molecule has 1 unspecified atom stereocenters. The zero-order valence-electron chi connectivity index (χ0n) is 14.2. The molecule has 1 N–H and O–H groups in total. The molecule has 8 heteroatoms. The molecule has 0 saturated heterocycles. The summed E-state index contributed by atoms with van der Waals surface area (Å²) in [6.45, 7) is 6.48. The van der Waals surface area contributed by atoms with Crippen molar-refractivity contribution in [1.82, 2.24) is 0 Å². The molecule has 3 nitrogen and oxygen atoms in total. The second-order valence-corrected chi connectivity index (χ2v) is 13.3. The molecule has 2 aromatic rings. The number of ether oxygens (including phenoxy) is 2. The zero-order chi connectivity index (χ0) is 18.9. The van der Waals surface area contributed by atoms with E-state index in [4.69, 9.17) is 55.9 Å². The summed E-state index contributed by atoms with van der Waals surface area (Å²) >= 11 is 24.5. The van der Waals surface area contributed by atoms with E-state index in [0.29, 0.717) is 0 Å². The molecule has 0 bridgehead atoms. The van der Waals surface area contributed by atoms with Crippen molar-refractivity contribution in [3.8, 4) is 17.2 Å². The van der Waals surface area contributed by atoms with Crippen molar-refractivity contribution in [1.29, 1.82) is 0 Å². The maximum Gasteiger partial charge on any atom is 0.160 e. The average molecular weight is 440 g/mol. The van der Waals surface area contributed by atoms with Gasteiger partial charge in [0.25, 0.3) is 0 Å². The van der Waals surface area contributed by atoms with Crippen molar-refractivity contribution < 1.29 is 14.6 Å². The molecule has 0 aliphatic carbocycles. The van der Waals surface area contributed by atoms with E-state index in [-0.39, 0.29) is 37.3 Å². The first-order chi connectivity index (χ1) is 11.6. The minimum absolute atomic E-state index is 0.0327. The number of benzene rings is 2. The Balaban J connectivity index is 2.52. The SMILES string of the molecule is COc1ccc(C(Oc2c(Cl)c(Cl)c(O)c(Cl)c2Cl)[Si](C)(C)C)cc1. The van der Waals surface area contributed by atoms with Gasteiger partial charge >= 0.3 is 0 Å². The molecule has 0 saturated carbocycles.